The number of hydrogen-bond acceptors (Lipinski definition) is 8. The Kier molecular flexibility index (Phi) is 6.39. The highest BCUT2D eigenvalue weighted by Crippen LogP contribution is 2.21. The van der Waals surface area contributed by atoms with Crippen molar-refractivity contribution < 1.29 is 4.79 Å². The number of hydrogen-bond donors (Lipinski definition) is 5. The SMILES string of the molecule is CC(C)Nc1nc(N)c(C(=O)N=CNNC2NCCS2)nc1Cl. The van der Waals surface area contributed by atoms with Crippen LogP contribution in [0.4, 0.5) is 11.6 Å². The zero-order valence-electron chi connectivity index (χ0n) is 12.8. The molecule has 11 heteroatoms. The van der Waals surface area contributed by atoms with Gasteiger partial charge in [0.2, 0.25) is 0 Å². The maximum Gasteiger partial charge on any atom is 0.300 e. The molecule has 1 amide bonds. The topological polar surface area (TPSA) is 129 Å². The highest BCUT2D eigenvalue weighted by Gasteiger charge is 2.17. The van der Waals surface area contributed by atoms with Crippen LogP contribution in [-0.2, 0) is 0 Å². The molecule has 2 heterocycles. The molecule has 1 unspecified atom stereocenters. The van der Waals surface area contributed by atoms with Crippen LogP contribution in [0.3, 0.4) is 0 Å². The van der Waals surface area contributed by atoms with Gasteiger partial charge in [-0.25, -0.2) is 15.4 Å². The molecule has 1 aliphatic heterocycles. The lowest BCUT2D eigenvalue weighted by Crippen LogP contribution is -2.43. The molecule has 9 nitrogen and oxygen atoms in total. The van der Waals surface area contributed by atoms with Crippen molar-refractivity contribution in [1.82, 2.24) is 26.1 Å². The molecule has 0 spiro atoms. The summed E-state index contributed by atoms with van der Waals surface area (Å²) in [6.45, 7) is 4.78. The van der Waals surface area contributed by atoms with Crippen molar-refractivity contribution in [2.45, 2.75) is 25.4 Å². The molecule has 23 heavy (non-hydrogen) atoms. The molecule has 1 aliphatic rings. The summed E-state index contributed by atoms with van der Waals surface area (Å²) < 4.78 is 0. The Balaban J connectivity index is 1.96. The molecule has 1 saturated heterocycles. The second kappa shape index (κ2) is 8.29. The third kappa shape index (κ3) is 5.20. The van der Waals surface area contributed by atoms with Crippen LogP contribution >= 0.6 is 23.4 Å². The lowest BCUT2D eigenvalue weighted by Gasteiger charge is -2.12. The molecule has 0 radical (unpaired) electrons. The van der Waals surface area contributed by atoms with Crippen molar-refractivity contribution in [3.05, 3.63) is 10.8 Å². The quantitative estimate of drug-likeness (QED) is 0.279. The summed E-state index contributed by atoms with van der Waals surface area (Å²) in [5, 5.41) is 6.26. The van der Waals surface area contributed by atoms with Gasteiger partial charge in [-0.15, -0.1) is 11.8 Å². The zero-order chi connectivity index (χ0) is 16.8. The molecule has 1 aromatic heterocycles. The van der Waals surface area contributed by atoms with E-state index in [-0.39, 0.29) is 28.2 Å². The largest absolute Gasteiger partial charge is 0.382 e. The molecule has 1 aromatic rings. The number of carbonyl (C=O) groups is 1. The van der Waals surface area contributed by atoms with E-state index < -0.39 is 5.91 Å². The van der Waals surface area contributed by atoms with Gasteiger partial charge in [0.15, 0.2) is 22.5 Å². The van der Waals surface area contributed by atoms with Crippen LogP contribution in [0.1, 0.15) is 24.3 Å². The van der Waals surface area contributed by atoms with Gasteiger partial charge in [-0.3, -0.25) is 10.1 Å². The van der Waals surface area contributed by atoms with Crippen molar-refractivity contribution >= 4 is 47.2 Å². The Morgan fingerprint density at radius 2 is 2.35 bits per heavy atom. The highest BCUT2D eigenvalue weighted by atomic mass is 35.5. The number of anilines is 2. The fourth-order valence-corrected chi connectivity index (χ4v) is 2.77. The Labute approximate surface area is 143 Å². The lowest BCUT2D eigenvalue weighted by atomic mass is 10.3. The van der Waals surface area contributed by atoms with Crippen molar-refractivity contribution in [3.8, 4) is 0 Å². The molecule has 1 atom stereocenters. The molecule has 0 bridgehead atoms. The van der Waals surface area contributed by atoms with Crippen molar-refractivity contribution in [3.63, 3.8) is 0 Å². The van der Waals surface area contributed by atoms with E-state index in [9.17, 15) is 4.79 Å². The van der Waals surface area contributed by atoms with E-state index in [4.69, 9.17) is 17.3 Å². The van der Waals surface area contributed by atoms with Crippen LogP contribution in [0.15, 0.2) is 4.99 Å². The number of nitrogen functional groups attached to an aromatic ring is 1. The van der Waals surface area contributed by atoms with E-state index in [2.05, 4.69) is 36.4 Å². The molecule has 126 valence electrons. The molecule has 1 fully saturated rings. The fraction of sp³-hybridized carbons (Fsp3) is 0.500. The molecule has 0 aliphatic carbocycles. The Bertz CT molecular complexity index is 591. The minimum atomic E-state index is -0.630. The first kappa shape index (κ1) is 17.7. The van der Waals surface area contributed by atoms with Crippen LogP contribution < -0.4 is 27.2 Å². The Hall–Kier alpha value is -1.62. The van der Waals surface area contributed by atoms with E-state index >= 15 is 0 Å². The third-order valence-corrected chi connectivity index (χ3v) is 4.01. The average Bonchev–Trinajstić information content (AvgIpc) is 2.99. The smallest absolute Gasteiger partial charge is 0.300 e. The van der Waals surface area contributed by atoms with Gasteiger partial charge < -0.3 is 16.5 Å². The van der Waals surface area contributed by atoms with Crippen LogP contribution in [0.5, 0.6) is 0 Å². The van der Waals surface area contributed by atoms with Gasteiger partial charge in [-0.2, -0.15) is 4.99 Å². The lowest BCUT2D eigenvalue weighted by molar-refractivity contribution is 0.0999. The number of thioether (sulfide) groups is 1. The molecule has 0 aromatic carbocycles. The van der Waals surface area contributed by atoms with Crippen molar-refractivity contribution in [1.29, 1.82) is 0 Å². The third-order valence-electron chi connectivity index (χ3n) is 2.69. The van der Waals surface area contributed by atoms with Crippen LogP contribution in [0, 0.1) is 0 Å². The van der Waals surface area contributed by atoms with Gasteiger partial charge in [0, 0.05) is 18.3 Å². The van der Waals surface area contributed by atoms with Gasteiger partial charge in [-0.1, -0.05) is 11.6 Å². The number of aromatic nitrogens is 2. The number of nitrogens with one attached hydrogen (secondary N) is 4. The average molecular weight is 359 g/mol. The van der Waals surface area contributed by atoms with Gasteiger partial charge in [0.1, 0.15) is 11.8 Å². The molecule has 2 rings (SSSR count). The Morgan fingerprint density at radius 1 is 1.57 bits per heavy atom. The number of hydrazine groups is 1. The van der Waals surface area contributed by atoms with E-state index in [0.717, 1.165) is 12.3 Å². The number of nitrogens with zero attached hydrogens (tertiary/aromatic N) is 3. The first-order valence-corrected chi connectivity index (χ1v) is 8.42. The number of nitrogens with two attached hydrogens (primary N) is 1. The monoisotopic (exact) mass is 358 g/mol. The summed E-state index contributed by atoms with van der Waals surface area (Å²) in [5.74, 6) is 0.704. The summed E-state index contributed by atoms with van der Waals surface area (Å²) in [7, 11) is 0. The molecular weight excluding hydrogens is 340 g/mol. The molecule has 6 N–H and O–H groups in total. The second-order valence-electron chi connectivity index (χ2n) is 4.95. The predicted molar refractivity (Wildman–Crippen MR) is 93.6 cm³/mol. The highest BCUT2D eigenvalue weighted by molar-refractivity contribution is 8.00. The van der Waals surface area contributed by atoms with E-state index in [0.29, 0.717) is 5.82 Å². The zero-order valence-corrected chi connectivity index (χ0v) is 14.3. The van der Waals surface area contributed by atoms with Gasteiger partial charge in [-0.05, 0) is 13.8 Å². The number of amides is 1. The van der Waals surface area contributed by atoms with E-state index in [1.165, 1.54) is 6.34 Å². The summed E-state index contributed by atoms with van der Waals surface area (Å²) in [5.41, 5.74) is 11.4. The summed E-state index contributed by atoms with van der Waals surface area (Å²) >= 11 is 7.71. The fourth-order valence-electron chi connectivity index (χ4n) is 1.73. The van der Waals surface area contributed by atoms with E-state index in [1.54, 1.807) is 11.8 Å². The minimum absolute atomic E-state index is 0.0272. The predicted octanol–water partition coefficient (Wildman–Crippen LogP) is 0.415. The van der Waals surface area contributed by atoms with Gasteiger partial charge in [0.05, 0.1) is 0 Å². The van der Waals surface area contributed by atoms with Crippen molar-refractivity contribution in [2.24, 2.45) is 4.99 Å². The first-order valence-electron chi connectivity index (χ1n) is 7.00. The normalized spacial score (nSPS) is 17.8. The number of halogens is 1. The standard InChI is InChI=1S/C12H19ClN8OS/c1-6(2)18-10-8(13)19-7(9(14)20-10)11(22)16-5-17-21-12-15-3-4-23-12/h5-6,12,15,21H,3-4H2,1-2H3,(H3,14,18,20)(H,16,17,22). The maximum atomic E-state index is 12.0. The molecule has 0 saturated carbocycles. The van der Waals surface area contributed by atoms with Gasteiger partial charge in [0.25, 0.3) is 0 Å². The van der Waals surface area contributed by atoms with Crippen LogP contribution in [0.2, 0.25) is 5.15 Å². The number of rotatable bonds is 6. The second-order valence-corrected chi connectivity index (χ2v) is 6.52. The number of aliphatic imine (C=N–C) groups is 1. The molecular formula is C12H19ClN8OS. The maximum absolute atomic E-state index is 12.0. The Morgan fingerprint density at radius 3 is 3.00 bits per heavy atom. The summed E-state index contributed by atoms with van der Waals surface area (Å²) in [6, 6.07) is 0.109. The first-order chi connectivity index (χ1) is 11.0. The van der Waals surface area contributed by atoms with Crippen LogP contribution in [-0.4, -0.2) is 46.1 Å². The summed E-state index contributed by atoms with van der Waals surface area (Å²) in [6.07, 6.45) is 1.23. The van der Waals surface area contributed by atoms with Crippen LogP contribution in [0.25, 0.3) is 0 Å². The van der Waals surface area contributed by atoms with Crippen molar-refractivity contribution in [2.75, 3.05) is 23.3 Å². The minimum Gasteiger partial charge on any atom is -0.382 e. The summed E-state index contributed by atoms with van der Waals surface area (Å²) in [4.78, 5) is 23.7. The van der Waals surface area contributed by atoms with Gasteiger partial charge >= 0.3 is 5.91 Å². The number of carbonyl (C=O) groups excluding carboxylic acids is 1. The van der Waals surface area contributed by atoms with E-state index in [1.807, 2.05) is 13.8 Å².